The molecule has 4 N–H and O–H groups in total. The van der Waals surface area contributed by atoms with E-state index in [4.69, 9.17) is 10.6 Å². The molecule has 0 spiro atoms. The van der Waals surface area contributed by atoms with E-state index < -0.39 is 0 Å². The molecule has 1 aromatic carbocycles. The molecule has 0 atom stereocenters. The van der Waals surface area contributed by atoms with E-state index in [-0.39, 0.29) is 6.03 Å². The predicted molar refractivity (Wildman–Crippen MR) is 86.4 cm³/mol. The molecule has 22 heavy (non-hydrogen) atoms. The Morgan fingerprint density at radius 2 is 2.09 bits per heavy atom. The van der Waals surface area contributed by atoms with E-state index in [1.165, 1.54) is 37.9 Å². The third kappa shape index (κ3) is 5.91. The topological polar surface area (TPSA) is 79.6 Å². The number of nitrogens with zero attached hydrogens (tertiary/aromatic N) is 1. The Balaban J connectivity index is 1.70. The van der Waals surface area contributed by atoms with Gasteiger partial charge in [-0.3, -0.25) is 10.3 Å². The van der Waals surface area contributed by atoms with Gasteiger partial charge in [-0.05, 0) is 50.0 Å². The summed E-state index contributed by atoms with van der Waals surface area (Å²) in [4.78, 5) is 13.4. The van der Waals surface area contributed by atoms with Crippen molar-refractivity contribution in [2.75, 3.05) is 26.2 Å². The van der Waals surface area contributed by atoms with Gasteiger partial charge in [0.25, 0.3) is 0 Å². The number of piperidine rings is 1. The molecule has 0 bridgehead atoms. The second kappa shape index (κ2) is 9.27. The van der Waals surface area contributed by atoms with Gasteiger partial charge in [-0.1, -0.05) is 18.6 Å². The summed E-state index contributed by atoms with van der Waals surface area (Å²) in [5.74, 6) is 5.86. The number of amides is 2. The number of nitrogens with two attached hydrogens (primary N) is 1. The van der Waals surface area contributed by atoms with Crippen LogP contribution in [-0.2, 0) is 6.54 Å². The van der Waals surface area contributed by atoms with Crippen molar-refractivity contribution in [3.05, 3.63) is 29.8 Å². The summed E-state index contributed by atoms with van der Waals surface area (Å²) in [6.45, 7) is 4.49. The van der Waals surface area contributed by atoms with Crippen LogP contribution in [-0.4, -0.2) is 37.2 Å². The summed E-state index contributed by atoms with van der Waals surface area (Å²) < 4.78 is 5.73. The molecule has 1 saturated heterocycles. The summed E-state index contributed by atoms with van der Waals surface area (Å²) in [6, 6.07) is 7.89. The number of ether oxygens (including phenoxy) is 1. The van der Waals surface area contributed by atoms with E-state index in [9.17, 15) is 4.79 Å². The van der Waals surface area contributed by atoms with E-state index in [2.05, 4.69) is 22.3 Å². The van der Waals surface area contributed by atoms with Crippen molar-refractivity contribution in [1.82, 2.24) is 15.6 Å². The van der Waals surface area contributed by atoms with E-state index in [0.29, 0.717) is 13.2 Å². The first kappa shape index (κ1) is 16.6. The fourth-order valence-electron chi connectivity index (χ4n) is 2.62. The zero-order chi connectivity index (χ0) is 15.6. The number of hydrogen-bond acceptors (Lipinski definition) is 4. The number of carbonyl (C=O) groups excluding carboxylic acids is 1. The fraction of sp³-hybridized carbons (Fsp3) is 0.562. The van der Waals surface area contributed by atoms with Gasteiger partial charge in [-0.25, -0.2) is 10.6 Å². The van der Waals surface area contributed by atoms with Gasteiger partial charge in [0, 0.05) is 13.1 Å². The molecule has 122 valence electrons. The second-order valence-corrected chi connectivity index (χ2v) is 5.59. The standard InChI is InChI=1S/C16H26N4O2/c17-19-16(21)18-8-5-11-22-15-7-4-6-14(12-15)13-20-9-2-1-3-10-20/h4,6-7,12H,1-3,5,8-11,13,17H2,(H2,18,19,21). The molecule has 6 nitrogen and oxygen atoms in total. The molecule has 0 unspecified atom stereocenters. The summed E-state index contributed by atoms with van der Waals surface area (Å²) >= 11 is 0. The molecule has 1 aromatic rings. The Morgan fingerprint density at radius 3 is 2.86 bits per heavy atom. The van der Waals surface area contributed by atoms with Crippen molar-refractivity contribution < 1.29 is 9.53 Å². The highest BCUT2D eigenvalue weighted by molar-refractivity contribution is 5.72. The Labute approximate surface area is 132 Å². The number of carbonyl (C=O) groups is 1. The summed E-state index contributed by atoms with van der Waals surface area (Å²) in [5, 5.41) is 2.62. The van der Waals surface area contributed by atoms with Crippen molar-refractivity contribution in [2.24, 2.45) is 5.84 Å². The molecule has 6 heteroatoms. The van der Waals surface area contributed by atoms with Crippen LogP contribution >= 0.6 is 0 Å². The monoisotopic (exact) mass is 306 g/mol. The average molecular weight is 306 g/mol. The van der Waals surface area contributed by atoms with Gasteiger partial charge in [0.15, 0.2) is 0 Å². The Morgan fingerprint density at radius 1 is 1.27 bits per heavy atom. The minimum atomic E-state index is -0.372. The van der Waals surface area contributed by atoms with Crippen molar-refractivity contribution in [1.29, 1.82) is 0 Å². The van der Waals surface area contributed by atoms with Crippen molar-refractivity contribution >= 4 is 6.03 Å². The molecule has 0 radical (unpaired) electrons. The fourth-order valence-corrected chi connectivity index (χ4v) is 2.62. The molecule has 1 heterocycles. The summed E-state index contributed by atoms with van der Waals surface area (Å²) in [7, 11) is 0. The highest BCUT2D eigenvalue weighted by atomic mass is 16.5. The van der Waals surface area contributed by atoms with E-state index in [0.717, 1.165) is 18.7 Å². The third-order valence-electron chi connectivity index (χ3n) is 3.76. The van der Waals surface area contributed by atoms with Crippen molar-refractivity contribution in [3.63, 3.8) is 0 Å². The second-order valence-electron chi connectivity index (χ2n) is 5.59. The maximum Gasteiger partial charge on any atom is 0.328 e. The van der Waals surface area contributed by atoms with Crippen molar-refractivity contribution in [2.45, 2.75) is 32.2 Å². The molecule has 1 aliphatic rings. The quantitative estimate of drug-likeness (QED) is 0.309. The lowest BCUT2D eigenvalue weighted by atomic mass is 10.1. The Kier molecular flexibility index (Phi) is 6.99. The van der Waals surface area contributed by atoms with Crippen LogP contribution in [0.4, 0.5) is 4.79 Å². The number of likely N-dealkylation sites (tertiary alicyclic amines) is 1. The average Bonchev–Trinajstić information content (AvgIpc) is 2.55. The van der Waals surface area contributed by atoms with Crippen molar-refractivity contribution in [3.8, 4) is 5.75 Å². The maximum absolute atomic E-state index is 10.9. The van der Waals surface area contributed by atoms with E-state index in [1.807, 2.05) is 17.6 Å². The van der Waals surface area contributed by atoms with Crippen LogP contribution in [0.1, 0.15) is 31.2 Å². The molecule has 0 aromatic heterocycles. The first-order valence-electron chi connectivity index (χ1n) is 7.96. The Bertz CT molecular complexity index is 461. The molecule has 2 amide bonds. The number of urea groups is 1. The predicted octanol–water partition coefficient (Wildman–Crippen LogP) is 1.61. The minimum absolute atomic E-state index is 0.372. The van der Waals surface area contributed by atoms with Crippen LogP contribution in [0.3, 0.4) is 0 Å². The molecule has 0 aliphatic carbocycles. The van der Waals surface area contributed by atoms with Crippen LogP contribution in [0.25, 0.3) is 0 Å². The first-order valence-corrected chi connectivity index (χ1v) is 7.96. The SMILES string of the molecule is NNC(=O)NCCCOc1cccc(CN2CCCCC2)c1. The Hall–Kier alpha value is -1.79. The zero-order valence-electron chi connectivity index (χ0n) is 13.0. The van der Waals surface area contributed by atoms with Crippen LogP contribution in [0, 0.1) is 0 Å². The number of benzene rings is 1. The van der Waals surface area contributed by atoms with Crippen LogP contribution in [0.2, 0.25) is 0 Å². The van der Waals surface area contributed by atoms with Gasteiger partial charge in [-0.15, -0.1) is 0 Å². The number of rotatable bonds is 7. The summed E-state index contributed by atoms with van der Waals surface area (Å²) in [6.07, 6.45) is 4.71. The van der Waals surface area contributed by atoms with Gasteiger partial charge in [-0.2, -0.15) is 0 Å². The number of hydrogen-bond donors (Lipinski definition) is 3. The smallest absolute Gasteiger partial charge is 0.328 e. The van der Waals surface area contributed by atoms with E-state index >= 15 is 0 Å². The minimum Gasteiger partial charge on any atom is -0.494 e. The lowest BCUT2D eigenvalue weighted by Crippen LogP contribution is -2.40. The molecule has 1 aliphatic heterocycles. The molecule has 0 saturated carbocycles. The number of hydrazine groups is 1. The van der Waals surface area contributed by atoms with Crippen LogP contribution in [0.15, 0.2) is 24.3 Å². The molecular weight excluding hydrogens is 280 g/mol. The molecular formula is C16H26N4O2. The highest BCUT2D eigenvalue weighted by Gasteiger charge is 2.10. The van der Waals surface area contributed by atoms with Gasteiger partial charge in [0.1, 0.15) is 5.75 Å². The van der Waals surface area contributed by atoms with Gasteiger partial charge in [0.2, 0.25) is 0 Å². The van der Waals surface area contributed by atoms with Gasteiger partial charge in [0.05, 0.1) is 6.61 Å². The lowest BCUT2D eigenvalue weighted by molar-refractivity contribution is 0.220. The third-order valence-corrected chi connectivity index (χ3v) is 3.76. The molecule has 1 fully saturated rings. The molecule has 2 rings (SSSR count). The highest BCUT2D eigenvalue weighted by Crippen LogP contribution is 2.17. The number of nitrogens with one attached hydrogen (secondary N) is 2. The summed E-state index contributed by atoms with van der Waals surface area (Å²) in [5.41, 5.74) is 3.32. The van der Waals surface area contributed by atoms with Gasteiger partial charge < -0.3 is 10.1 Å². The van der Waals surface area contributed by atoms with Crippen LogP contribution < -0.4 is 21.3 Å². The maximum atomic E-state index is 10.9. The normalized spacial score (nSPS) is 15.3. The zero-order valence-corrected chi connectivity index (χ0v) is 13.0. The largest absolute Gasteiger partial charge is 0.494 e. The van der Waals surface area contributed by atoms with Crippen LogP contribution in [0.5, 0.6) is 5.75 Å². The van der Waals surface area contributed by atoms with E-state index in [1.54, 1.807) is 0 Å². The van der Waals surface area contributed by atoms with Gasteiger partial charge >= 0.3 is 6.03 Å². The lowest BCUT2D eigenvalue weighted by Gasteiger charge is -2.26. The first-order chi connectivity index (χ1) is 10.8.